The molecule has 58 heavy (non-hydrogen) atoms. The quantitative estimate of drug-likeness (QED) is 0.0572. The standard InChI is InChI=1S/C39H43F13N2O3Si/c1-4-5-8-11-24(2)12-9-6-7-10-13-25(3)58-33-56-30-19-16-27(20-31(30)57-33)32-53-21-28(22-54-32)26-14-17-29(18-15-26)55-23-34(40,41)35(42,43)36(44,45)37(46,47)38(48,49)39(50,51)52/h14-22,24-25,33H,4-13,23H2,1-3H3. The largest absolute Gasteiger partial charge is 0.487 e. The fourth-order valence-corrected chi connectivity index (χ4v) is 7.32. The van der Waals surface area contributed by atoms with Crippen LogP contribution in [0.25, 0.3) is 22.5 Å². The number of halogens is 13. The Kier molecular flexibility index (Phi) is 15.1. The summed E-state index contributed by atoms with van der Waals surface area (Å²) in [6.45, 7) is 3.95. The minimum Gasteiger partial charge on any atom is -0.487 e. The van der Waals surface area contributed by atoms with Crippen LogP contribution in [-0.2, 0) is 0 Å². The van der Waals surface area contributed by atoms with Crippen molar-refractivity contribution < 1.29 is 71.3 Å². The number of hydrogen-bond donors (Lipinski definition) is 0. The molecule has 0 saturated heterocycles. The van der Waals surface area contributed by atoms with Crippen molar-refractivity contribution in [3.05, 3.63) is 54.9 Å². The summed E-state index contributed by atoms with van der Waals surface area (Å²) in [6, 6.07) is 9.33. The van der Waals surface area contributed by atoms with Crippen LogP contribution in [-0.4, -0.2) is 67.8 Å². The molecule has 1 aromatic heterocycles. The Morgan fingerprint density at radius 1 is 0.621 bits per heavy atom. The van der Waals surface area contributed by atoms with Gasteiger partial charge >= 0.3 is 35.8 Å². The molecule has 322 valence electrons. The van der Waals surface area contributed by atoms with Crippen molar-refractivity contribution in [3.8, 4) is 39.8 Å². The predicted octanol–water partition coefficient (Wildman–Crippen LogP) is 13.1. The summed E-state index contributed by atoms with van der Waals surface area (Å²) in [5, 5.41) is 0. The number of ether oxygens (including phenoxy) is 3. The van der Waals surface area contributed by atoms with Crippen molar-refractivity contribution in [1.29, 1.82) is 0 Å². The summed E-state index contributed by atoms with van der Waals surface area (Å²) < 4.78 is 190. The van der Waals surface area contributed by atoms with Gasteiger partial charge in [-0.05, 0) is 47.4 Å². The molecule has 0 amide bonds. The van der Waals surface area contributed by atoms with E-state index >= 15 is 0 Å². The molecule has 2 heterocycles. The van der Waals surface area contributed by atoms with Gasteiger partial charge in [0.05, 0.1) is 0 Å². The van der Waals surface area contributed by atoms with Gasteiger partial charge in [0.15, 0.2) is 33.4 Å². The summed E-state index contributed by atoms with van der Waals surface area (Å²) in [5.41, 5.74) is 1.68. The lowest BCUT2D eigenvalue weighted by Crippen LogP contribution is -2.70. The molecule has 0 fully saturated rings. The van der Waals surface area contributed by atoms with Gasteiger partial charge in [0.25, 0.3) is 0 Å². The molecule has 3 unspecified atom stereocenters. The number of rotatable bonds is 22. The molecule has 4 rings (SSSR count). The molecule has 0 saturated carbocycles. The van der Waals surface area contributed by atoms with Crippen molar-refractivity contribution in [3.63, 3.8) is 0 Å². The first-order chi connectivity index (χ1) is 26.9. The molecule has 19 heteroatoms. The van der Waals surface area contributed by atoms with Gasteiger partial charge in [-0.2, -0.15) is 57.1 Å². The number of fused-ring (bicyclic) bond motifs is 1. The van der Waals surface area contributed by atoms with E-state index in [0.717, 1.165) is 30.9 Å². The lowest BCUT2D eigenvalue weighted by atomic mass is 9.94. The Morgan fingerprint density at radius 3 is 1.74 bits per heavy atom. The number of alkyl halides is 13. The van der Waals surface area contributed by atoms with E-state index in [0.29, 0.717) is 49.1 Å². The molecule has 0 spiro atoms. The summed E-state index contributed by atoms with van der Waals surface area (Å²) in [6.07, 6.45) is 7.68. The molecular weight excluding hydrogens is 820 g/mol. The lowest BCUT2D eigenvalue weighted by Gasteiger charge is -2.39. The van der Waals surface area contributed by atoms with Crippen molar-refractivity contribution in [2.24, 2.45) is 5.92 Å². The van der Waals surface area contributed by atoms with Gasteiger partial charge in [-0.1, -0.05) is 97.1 Å². The van der Waals surface area contributed by atoms with Crippen molar-refractivity contribution in [2.75, 3.05) is 6.61 Å². The van der Waals surface area contributed by atoms with Crippen molar-refractivity contribution in [2.45, 2.75) is 132 Å². The van der Waals surface area contributed by atoms with E-state index in [-0.39, 0.29) is 0 Å². The maximum Gasteiger partial charge on any atom is 0.460 e. The molecule has 1 aliphatic rings. The molecule has 0 bridgehead atoms. The van der Waals surface area contributed by atoms with Crippen molar-refractivity contribution in [1.82, 2.24) is 9.97 Å². The Bertz CT molecular complexity index is 1760. The zero-order valence-electron chi connectivity index (χ0n) is 31.7. The van der Waals surface area contributed by atoms with Crippen LogP contribution >= 0.6 is 0 Å². The average Bonchev–Trinajstić information content (AvgIpc) is 3.56. The minimum atomic E-state index is -7.97. The molecular formula is C39H43F13N2O3Si. The molecule has 3 aromatic rings. The fraction of sp³-hybridized carbons (Fsp3) is 0.590. The highest BCUT2D eigenvalue weighted by Crippen LogP contribution is 2.60. The molecule has 3 atom stereocenters. The SMILES string of the molecule is CCCCCC(C)CCCCCCC(C)[Si]C1Oc2ccc(-c3ncc(-c4ccc(OCC(F)(F)C(F)(F)C(F)(F)C(F)(F)C(F)(F)C(F)(F)F)cc4)cn3)cc2O1. The third kappa shape index (κ3) is 10.5. The van der Waals surface area contributed by atoms with E-state index < -0.39 is 54.1 Å². The van der Waals surface area contributed by atoms with E-state index in [9.17, 15) is 57.1 Å². The highest BCUT2D eigenvalue weighted by molar-refractivity contribution is 6.38. The summed E-state index contributed by atoms with van der Waals surface area (Å²) >= 11 is 0. The molecule has 1 aliphatic heterocycles. The zero-order chi connectivity index (χ0) is 43.2. The second-order valence-electron chi connectivity index (χ2n) is 14.5. The average molecular weight is 863 g/mol. The first kappa shape index (κ1) is 46.9. The van der Waals surface area contributed by atoms with E-state index in [1.165, 1.54) is 75.9 Å². The van der Waals surface area contributed by atoms with Gasteiger partial charge in [0.1, 0.15) is 5.75 Å². The normalized spacial score (nSPS) is 16.4. The first-order valence-corrected chi connectivity index (χ1v) is 19.9. The third-order valence-corrected chi connectivity index (χ3v) is 11.1. The minimum absolute atomic E-state index is 0.295. The van der Waals surface area contributed by atoms with Gasteiger partial charge in [-0.25, -0.2) is 9.97 Å². The summed E-state index contributed by atoms with van der Waals surface area (Å²) in [7, 11) is 0.422. The lowest BCUT2D eigenvalue weighted by molar-refractivity contribution is -0.440. The fourth-order valence-electron chi connectivity index (χ4n) is 6.10. The van der Waals surface area contributed by atoms with Crippen LogP contribution < -0.4 is 14.2 Å². The van der Waals surface area contributed by atoms with Crippen LogP contribution in [0, 0.1) is 5.92 Å². The molecule has 2 radical (unpaired) electrons. The zero-order valence-corrected chi connectivity index (χ0v) is 32.7. The highest BCUT2D eigenvalue weighted by Gasteiger charge is 2.90. The highest BCUT2D eigenvalue weighted by atomic mass is 28.2. The monoisotopic (exact) mass is 862 g/mol. The molecule has 5 nitrogen and oxygen atoms in total. The Morgan fingerprint density at radius 2 is 1.16 bits per heavy atom. The number of aromatic nitrogens is 2. The van der Waals surface area contributed by atoms with E-state index in [2.05, 4.69) is 35.5 Å². The van der Waals surface area contributed by atoms with Crippen LogP contribution in [0.5, 0.6) is 17.2 Å². The van der Waals surface area contributed by atoms with Gasteiger partial charge in [0, 0.05) is 23.5 Å². The second-order valence-corrected chi connectivity index (χ2v) is 16.3. The van der Waals surface area contributed by atoms with Gasteiger partial charge < -0.3 is 14.2 Å². The molecule has 2 aromatic carbocycles. The first-order valence-electron chi connectivity index (χ1n) is 18.7. The molecule has 0 N–H and O–H groups in total. The van der Waals surface area contributed by atoms with Crippen molar-refractivity contribution >= 4 is 9.52 Å². The maximum atomic E-state index is 14.1. The number of unbranched alkanes of at least 4 members (excludes halogenated alkanes) is 5. The smallest absolute Gasteiger partial charge is 0.460 e. The topological polar surface area (TPSA) is 53.5 Å². The summed E-state index contributed by atoms with van der Waals surface area (Å²) in [4.78, 5) is 8.63. The number of hydrogen-bond acceptors (Lipinski definition) is 5. The number of nitrogens with zero attached hydrogens (tertiary/aromatic N) is 2. The Labute approximate surface area is 329 Å². The molecule has 0 aliphatic carbocycles. The van der Waals surface area contributed by atoms with Gasteiger partial charge in [-0.3, -0.25) is 0 Å². The summed E-state index contributed by atoms with van der Waals surface area (Å²) in [5.74, 6) is -36.4. The van der Waals surface area contributed by atoms with Gasteiger partial charge in [-0.15, -0.1) is 0 Å². The second kappa shape index (κ2) is 18.7. The van der Waals surface area contributed by atoms with Crippen LogP contribution in [0.4, 0.5) is 57.1 Å². The maximum absolute atomic E-state index is 14.1. The van der Waals surface area contributed by atoms with Gasteiger partial charge in [0.2, 0.25) is 5.91 Å². The van der Waals surface area contributed by atoms with Crippen LogP contribution in [0.2, 0.25) is 5.54 Å². The van der Waals surface area contributed by atoms with Crippen LogP contribution in [0.1, 0.15) is 85.0 Å². The third-order valence-electron chi connectivity index (χ3n) is 9.73. The Hall–Kier alpha value is -3.77. The van der Waals surface area contributed by atoms with E-state index in [1.807, 2.05) is 0 Å². The van der Waals surface area contributed by atoms with E-state index in [1.54, 1.807) is 18.2 Å². The van der Waals surface area contributed by atoms with Crippen LogP contribution in [0.3, 0.4) is 0 Å². The number of benzene rings is 2. The Balaban J connectivity index is 1.27. The predicted molar refractivity (Wildman–Crippen MR) is 190 cm³/mol. The van der Waals surface area contributed by atoms with Crippen LogP contribution in [0.15, 0.2) is 54.9 Å². The van der Waals surface area contributed by atoms with E-state index in [4.69, 9.17) is 9.47 Å².